The Morgan fingerprint density at radius 2 is 1.92 bits per heavy atom. The van der Waals surface area contributed by atoms with Crippen LogP contribution in [0.3, 0.4) is 0 Å². The second kappa shape index (κ2) is 11.1. The minimum Gasteiger partial charge on any atom is -0.394 e. The molecule has 0 aliphatic rings. The number of aromatic nitrogens is 2. The van der Waals surface area contributed by atoms with Crippen molar-refractivity contribution in [3.8, 4) is 11.3 Å². The predicted molar refractivity (Wildman–Crippen MR) is 129 cm³/mol. The maximum atomic E-state index is 14.8. The lowest BCUT2D eigenvalue weighted by molar-refractivity contribution is -0.137. The molecular weight excluding hydrogens is 476 g/mol. The normalized spacial score (nSPS) is 11.5. The number of carbonyl (C=O) groups excluding carboxylic acids is 1. The molecule has 1 heterocycles. The molecule has 0 saturated carbocycles. The van der Waals surface area contributed by atoms with E-state index in [1.165, 1.54) is 19.4 Å². The van der Waals surface area contributed by atoms with E-state index in [-0.39, 0.29) is 11.8 Å². The summed E-state index contributed by atoms with van der Waals surface area (Å²) in [5.74, 6) is -1.98. The molecule has 0 aliphatic carbocycles. The van der Waals surface area contributed by atoms with Gasteiger partial charge in [-0.15, -0.1) is 0 Å². The lowest BCUT2D eigenvalue weighted by Crippen LogP contribution is -2.19. The Bertz CT molecular complexity index is 1320. The summed E-state index contributed by atoms with van der Waals surface area (Å²) in [4.78, 5) is 21.6. The summed E-state index contributed by atoms with van der Waals surface area (Å²) in [7, 11) is 1.50. The van der Waals surface area contributed by atoms with E-state index in [2.05, 4.69) is 20.6 Å². The number of nitrogens with one attached hydrogen (secondary N) is 3. The second-order valence-electron chi connectivity index (χ2n) is 7.74. The van der Waals surface area contributed by atoms with Crippen LogP contribution in [0.4, 0.5) is 23.2 Å². The summed E-state index contributed by atoms with van der Waals surface area (Å²) in [6, 6.07) is 8.19. The maximum absolute atomic E-state index is 14.8. The Kier molecular flexibility index (Phi) is 8.15. The minimum atomic E-state index is -4.93. The molecule has 0 saturated heterocycles. The van der Waals surface area contributed by atoms with Crippen LogP contribution < -0.4 is 16.4 Å². The quantitative estimate of drug-likeness (QED) is 0.269. The third-order valence-corrected chi connectivity index (χ3v) is 5.21. The average molecular weight is 501 g/mol. The van der Waals surface area contributed by atoms with E-state index in [0.29, 0.717) is 36.1 Å². The first-order valence-electron chi connectivity index (χ1n) is 10.8. The third-order valence-electron chi connectivity index (χ3n) is 5.21. The van der Waals surface area contributed by atoms with Crippen LogP contribution in [0.25, 0.3) is 11.3 Å². The van der Waals surface area contributed by atoms with E-state index in [1.807, 2.05) is 12.1 Å². The number of benzene rings is 2. The monoisotopic (exact) mass is 500 g/mol. The van der Waals surface area contributed by atoms with Crippen LogP contribution in [0.15, 0.2) is 54.9 Å². The van der Waals surface area contributed by atoms with Crippen LogP contribution in [-0.2, 0) is 12.6 Å². The highest BCUT2D eigenvalue weighted by Crippen LogP contribution is 2.35. The summed E-state index contributed by atoms with van der Waals surface area (Å²) in [6.07, 6.45) is -0.735. The van der Waals surface area contributed by atoms with Crippen molar-refractivity contribution < 1.29 is 22.4 Å². The van der Waals surface area contributed by atoms with Gasteiger partial charge in [-0.05, 0) is 49.9 Å². The molecule has 0 unspecified atom stereocenters. The van der Waals surface area contributed by atoms with Gasteiger partial charge in [-0.3, -0.25) is 4.79 Å². The standard InChI is InChI=1S/C25H24F4N6O/c1-14-33-13-22(23(34-14)16-6-4-3-5-15(16)7-9-30)35-24(36)18-11-17(21(31)8-10-32-2)19(12-20(18)26)25(27,28)29/h3-6,8,10-13,31-32H,7,9,30H2,1-2H3,(H,35,36)/b10-8-,31-21?. The molecule has 3 aromatic rings. The van der Waals surface area contributed by atoms with Crippen molar-refractivity contribution >= 4 is 17.3 Å². The molecule has 2 aromatic carbocycles. The molecular formula is C25H24F4N6O. The lowest BCUT2D eigenvalue weighted by Gasteiger charge is -2.16. The number of anilines is 1. The summed E-state index contributed by atoms with van der Waals surface area (Å²) in [6.45, 7) is 2.03. The van der Waals surface area contributed by atoms with E-state index < -0.39 is 40.3 Å². The van der Waals surface area contributed by atoms with Crippen molar-refractivity contribution in [3.05, 3.63) is 88.8 Å². The highest BCUT2D eigenvalue weighted by atomic mass is 19.4. The number of rotatable bonds is 8. The Hall–Kier alpha value is -4.12. The van der Waals surface area contributed by atoms with Crippen LogP contribution in [0, 0.1) is 18.2 Å². The zero-order chi connectivity index (χ0) is 26.5. The number of allylic oxidation sites excluding steroid dienone is 1. The fraction of sp³-hybridized carbons (Fsp3) is 0.200. The second-order valence-corrected chi connectivity index (χ2v) is 7.74. The molecule has 0 spiro atoms. The summed E-state index contributed by atoms with van der Waals surface area (Å²) >= 11 is 0. The van der Waals surface area contributed by atoms with Crippen LogP contribution in [0.5, 0.6) is 0 Å². The number of halogens is 4. The van der Waals surface area contributed by atoms with Crippen molar-refractivity contribution in [2.75, 3.05) is 18.9 Å². The summed E-state index contributed by atoms with van der Waals surface area (Å²) < 4.78 is 55.4. The Balaban J connectivity index is 2.08. The summed E-state index contributed by atoms with van der Waals surface area (Å²) in [5, 5.41) is 13.1. The van der Waals surface area contributed by atoms with Gasteiger partial charge in [0.2, 0.25) is 0 Å². The molecule has 0 bridgehead atoms. The molecule has 0 aliphatic heterocycles. The van der Waals surface area contributed by atoms with Gasteiger partial charge in [0, 0.05) is 18.2 Å². The Morgan fingerprint density at radius 1 is 1.19 bits per heavy atom. The van der Waals surface area contributed by atoms with Gasteiger partial charge in [-0.2, -0.15) is 13.2 Å². The number of alkyl halides is 3. The van der Waals surface area contributed by atoms with Gasteiger partial charge in [0.15, 0.2) is 0 Å². The number of hydrogen-bond donors (Lipinski definition) is 4. The number of nitrogens with two attached hydrogens (primary N) is 1. The Labute approximate surface area is 205 Å². The van der Waals surface area contributed by atoms with Crippen LogP contribution >= 0.6 is 0 Å². The Morgan fingerprint density at radius 3 is 2.58 bits per heavy atom. The molecule has 5 N–H and O–H groups in total. The molecule has 0 radical (unpaired) electrons. The molecule has 7 nitrogen and oxygen atoms in total. The number of hydrogen-bond acceptors (Lipinski definition) is 6. The minimum absolute atomic E-state index is 0.140. The molecule has 188 valence electrons. The van der Waals surface area contributed by atoms with Crippen LogP contribution in [0.2, 0.25) is 0 Å². The molecule has 1 amide bonds. The molecule has 0 atom stereocenters. The van der Waals surface area contributed by atoms with Gasteiger partial charge in [0.1, 0.15) is 11.6 Å². The zero-order valence-corrected chi connectivity index (χ0v) is 19.5. The van der Waals surface area contributed by atoms with E-state index in [9.17, 15) is 22.4 Å². The predicted octanol–water partition coefficient (Wildman–Crippen LogP) is 4.46. The van der Waals surface area contributed by atoms with Gasteiger partial charge in [-0.25, -0.2) is 14.4 Å². The average Bonchev–Trinajstić information content (AvgIpc) is 2.83. The topological polar surface area (TPSA) is 117 Å². The number of aryl methyl sites for hydroxylation is 1. The van der Waals surface area contributed by atoms with Gasteiger partial charge in [0.25, 0.3) is 5.91 Å². The smallest absolute Gasteiger partial charge is 0.394 e. The molecule has 3 rings (SSSR count). The van der Waals surface area contributed by atoms with Crippen molar-refractivity contribution in [2.45, 2.75) is 19.5 Å². The first-order chi connectivity index (χ1) is 17.1. The van der Waals surface area contributed by atoms with Crippen LogP contribution in [0.1, 0.15) is 32.9 Å². The van der Waals surface area contributed by atoms with Gasteiger partial charge >= 0.3 is 6.18 Å². The van der Waals surface area contributed by atoms with Crippen molar-refractivity contribution in [3.63, 3.8) is 0 Å². The highest BCUT2D eigenvalue weighted by molar-refractivity contribution is 6.11. The number of nitrogens with zero attached hydrogens (tertiary/aromatic N) is 2. The van der Waals surface area contributed by atoms with Crippen LogP contribution in [-0.4, -0.2) is 35.2 Å². The van der Waals surface area contributed by atoms with Gasteiger partial charge in [-0.1, -0.05) is 24.3 Å². The zero-order valence-electron chi connectivity index (χ0n) is 19.5. The van der Waals surface area contributed by atoms with E-state index >= 15 is 0 Å². The third kappa shape index (κ3) is 5.92. The van der Waals surface area contributed by atoms with Gasteiger partial charge < -0.3 is 21.8 Å². The first-order valence-corrected chi connectivity index (χ1v) is 10.8. The highest BCUT2D eigenvalue weighted by Gasteiger charge is 2.36. The lowest BCUT2D eigenvalue weighted by atomic mass is 9.98. The fourth-order valence-corrected chi connectivity index (χ4v) is 3.54. The van der Waals surface area contributed by atoms with Crippen molar-refractivity contribution in [2.24, 2.45) is 5.73 Å². The molecule has 1 aromatic heterocycles. The van der Waals surface area contributed by atoms with Crippen molar-refractivity contribution in [1.82, 2.24) is 15.3 Å². The first kappa shape index (κ1) is 26.5. The summed E-state index contributed by atoms with van der Waals surface area (Å²) in [5.41, 5.74) is 4.52. The number of carbonyl (C=O) groups is 1. The molecule has 11 heteroatoms. The number of amides is 1. The molecule has 36 heavy (non-hydrogen) atoms. The van der Waals surface area contributed by atoms with E-state index in [4.69, 9.17) is 11.1 Å². The SMILES string of the molecule is CN/C=C\C(=N)c1cc(C(=O)Nc2cnc(C)nc2-c2ccccc2CCN)c(F)cc1C(F)(F)F. The maximum Gasteiger partial charge on any atom is 0.417 e. The van der Waals surface area contributed by atoms with Crippen molar-refractivity contribution in [1.29, 1.82) is 5.41 Å². The van der Waals surface area contributed by atoms with E-state index in [1.54, 1.807) is 19.1 Å². The fourth-order valence-electron chi connectivity index (χ4n) is 3.54. The van der Waals surface area contributed by atoms with E-state index in [0.717, 1.165) is 11.6 Å². The van der Waals surface area contributed by atoms with Gasteiger partial charge in [0.05, 0.1) is 34.4 Å². The molecule has 0 fully saturated rings. The largest absolute Gasteiger partial charge is 0.417 e.